The van der Waals surface area contributed by atoms with Gasteiger partial charge in [0.25, 0.3) is 5.91 Å². The van der Waals surface area contributed by atoms with Crippen molar-refractivity contribution in [3.05, 3.63) is 88.0 Å². The topological polar surface area (TPSA) is 103 Å². The molecule has 1 aromatic heterocycles. The molecule has 0 saturated heterocycles. The molecule has 4 rings (SSSR count). The number of carbonyl (C=O) groups excluding carboxylic acids is 2. The number of aromatic nitrogens is 1. The lowest BCUT2D eigenvalue weighted by Crippen LogP contribution is -2.41. The number of carboxylic acids is 1. The molecule has 2 aliphatic rings. The minimum absolute atomic E-state index is 0.0203. The Bertz CT molecular complexity index is 1220. The van der Waals surface area contributed by atoms with Crippen molar-refractivity contribution in [2.75, 3.05) is 13.6 Å². The van der Waals surface area contributed by atoms with E-state index >= 15 is 0 Å². The van der Waals surface area contributed by atoms with E-state index < -0.39 is 35.6 Å². The second-order valence-electron chi connectivity index (χ2n) is 8.57. The molecule has 1 fully saturated rings. The summed E-state index contributed by atoms with van der Waals surface area (Å²) in [4.78, 5) is 41.7. The standard InChI is InChI=1S/C17H21N3O.C9H7F2NO3/c1-12-9-15(18-10-13(12)2)11-20-16(14-5-4-6-14)7-8-19(3)17(20)21;10-5-2-1-3-6(11)8(5)9(15)12-4-7(13)14/h7-10H,4-6,11H2,1-3H3;1-3H,4H2,(H,12,15)(H,13,14). The van der Waals surface area contributed by atoms with Gasteiger partial charge in [-0.1, -0.05) is 6.07 Å². The van der Waals surface area contributed by atoms with E-state index in [1.54, 1.807) is 11.9 Å². The number of nitrogens with zero attached hydrogens (tertiary/aromatic N) is 3. The number of carboxylic acid groups (broad SMARTS) is 1. The van der Waals surface area contributed by atoms with Crippen LogP contribution < -0.4 is 5.32 Å². The molecule has 190 valence electrons. The van der Waals surface area contributed by atoms with E-state index in [0.29, 0.717) is 6.54 Å². The van der Waals surface area contributed by atoms with E-state index in [4.69, 9.17) is 5.11 Å². The fourth-order valence-corrected chi connectivity index (χ4v) is 3.59. The molecule has 10 heteroatoms. The van der Waals surface area contributed by atoms with Crippen LogP contribution in [0, 0.1) is 25.5 Å². The Morgan fingerprint density at radius 2 is 1.81 bits per heavy atom. The van der Waals surface area contributed by atoms with Gasteiger partial charge in [-0.05, 0) is 74.1 Å². The lowest BCUT2D eigenvalue weighted by atomic mass is 9.89. The Morgan fingerprint density at radius 1 is 1.14 bits per heavy atom. The highest BCUT2D eigenvalue weighted by Crippen LogP contribution is 2.33. The Morgan fingerprint density at radius 3 is 2.36 bits per heavy atom. The Balaban J connectivity index is 0.000000214. The largest absolute Gasteiger partial charge is 0.480 e. The Hall–Kier alpha value is -4.08. The van der Waals surface area contributed by atoms with Crippen LogP contribution in [0.2, 0.25) is 0 Å². The molecule has 3 amide bonds. The summed E-state index contributed by atoms with van der Waals surface area (Å²) >= 11 is 0. The van der Waals surface area contributed by atoms with Crippen molar-refractivity contribution in [1.29, 1.82) is 0 Å². The van der Waals surface area contributed by atoms with Gasteiger partial charge in [0.05, 0.1) is 12.2 Å². The Labute approximate surface area is 207 Å². The summed E-state index contributed by atoms with van der Waals surface area (Å²) in [5.74, 6) is -4.44. The van der Waals surface area contributed by atoms with Gasteiger partial charge >= 0.3 is 12.0 Å². The molecule has 1 saturated carbocycles. The zero-order valence-electron chi connectivity index (χ0n) is 20.3. The number of hydrogen-bond acceptors (Lipinski definition) is 4. The summed E-state index contributed by atoms with van der Waals surface area (Å²) in [5.41, 5.74) is 5.01. The molecule has 8 nitrogen and oxygen atoms in total. The van der Waals surface area contributed by atoms with Crippen LogP contribution in [0.3, 0.4) is 0 Å². The predicted molar refractivity (Wildman–Crippen MR) is 129 cm³/mol. The van der Waals surface area contributed by atoms with Gasteiger partial charge in [0.2, 0.25) is 0 Å². The monoisotopic (exact) mass is 498 g/mol. The normalized spacial score (nSPS) is 14.8. The van der Waals surface area contributed by atoms with Crippen molar-refractivity contribution in [2.24, 2.45) is 0 Å². The fourth-order valence-electron chi connectivity index (χ4n) is 3.59. The average molecular weight is 499 g/mol. The molecule has 0 bridgehead atoms. The molecule has 1 aliphatic heterocycles. The van der Waals surface area contributed by atoms with Crippen LogP contribution in [0.4, 0.5) is 13.6 Å². The van der Waals surface area contributed by atoms with Crippen LogP contribution in [0.1, 0.15) is 46.4 Å². The number of amides is 3. The molecule has 0 radical (unpaired) electrons. The van der Waals surface area contributed by atoms with Crippen LogP contribution in [0.25, 0.3) is 0 Å². The van der Waals surface area contributed by atoms with Gasteiger partial charge in [-0.2, -0.15) is 0 Å². The summed E-state index contributed by atoms with van der Waals surface area (Å²) in [7, 11) is 1.79. The van der Waals surface area contributed by atoms with Gasteiger partial charge in [-0.15, -0.1) is 0 Å². The maximum Gasteiger partial charge on any atom is 0.328 e. The van der Waals surface area contributed by atoms with Gasteiger partial charge in [-0.3, -0.25) is 19.5 Å². The summed E-state index contributed by atoms with van der Waals surface area (Å²) in [6.45, 7) is 3.98. The Kier molecular flexibility index (Phi) is 8.52. The van der Waals surface area contributed by atoms with E-state index in [-0.39, 0.29) is 6.03 Å². The molecular formula is C26H28F2N4O4. The predicted octanol–water partition coefficient (Wildman–Crippen LogP) is 4.30. The van der Waals surface area contributed by atoms with Crippen LogP contribution in [0.15, 0.2) is 54.0 Å². The van der Waals surface area contributed by atoms with Crippen LogP contribution in [-0.2, 0) is 11.3 Å². The lowest BCUT2D eigenvalue weighted by molar-refractivity contribution is -0.135. The van der Waals surface area contributed by atoms with Crippen molar-refractivity contribution in [2.45, 2.75) is 39.7 Å². The number of allylic oxidation sites excluding steroid dienone is 2. The molecule has 0 spiro atoms. The van der Waals surface area contributed by atoms with E-state index in [1.165, 1.54) is 23.1 Å². The van der Waals surface area contributed by atoms with Gasteiger partial charge in [0.1, 0.15) is 23.7 Å². The first-order valence-electron chi connectivity index (χ1n) is 11.4. The molecule has 1 aromatic carbocycles. The van der Waals surface area contributed by atoms with Crippen LogP contribution in [0.5, 0.6) is 0 Å². The van der Waals surface area contributed by atoms with Crippen molar-refractivity contribution in [3.8, 4) is 0 Å². The van der Waals surface area contributed by atoms with Gasteiger partial charge < -0.3 is 15.3 Å². The van der Waals surface area contributed by atoms with Gasteiger partial charge in [0.15, 0.2) is 0 Å². The first-order chi connectivity index (χ1) is 17.1. The second-order valence-corrected chi connectivity index (χ2v) is 8.57. The highest BCUT2D eigenvalue weighted by atomic mass is 19.1. The lowest BCUT2D eigenvalue weighted by Gasteiger charge is -2.34. The maximum atomic E-state index is 13.0. The van der Waals surface area contributed by atoms with Crippen LogP contribution >= 0.6 is 0 Å². The van der Waals surface area contributed by atoms with Gasteiger partial charge in [0, 0.05) is 25.1 Å². The molecule has 2 aromatic rings. The number of benzene rings is 1. The number of aliphatic carboxylic acids is 1. The van der Waals surface area contributed by atoms with E-state index in [2.05, 4.69) is 31.0 Å². The molecule has 1 aliphatic carbocycles. The highest BCUT2D eigenvalue weighted by Gasteiger charge is 2.28. The number of urea groups is 1. The summed E-state index contributed by atoms with van der Waals surface area (Å²) in [5, 5.41) is 10.1. The van der Waals surface area contributed by atoms with E-state index in [1.807, 2.05) is 22.6 Å². The highest BCUT2D eigenvalue weighted by molar-refractivity contribution is 5.96. The zero-order chi connectivity index (χ0) is 26.4. The SMILES string of the molecule is Cc1cnc(CN2C(=O)N(C)C=CC2=C2CCC2)cc1C.O=C(O)CNC(=O)c1c(F)cccc1F. The molecule has 2 heterocycles. The van der Waals surface area contributed by atoms with Crippen LogP contribution in [-0.4, -0.2) is 51.4 Å². The molecule has 36 heavy (non-hydrogen) atoms. The summed E-state index contributed by atoms with van der Waals surface area (Å²) in [6.07, 6.45) is 9.23. The minimum atomic E-state index is -1.29. The number of pyridine rings is 1. The third-order valence-corrected chi connectivity index (χ3v) is 5.94. The average Bonchev–Trinajstić information content (AvgIpc) is 2.79. The quantitative estimate of drug-likeness (QED) is 0.640. The van der Waals surface area contributed by atoms with Crippen molar-refractivity contribution < 1.29 is 28.3 Å². The first-order valence-corrected chi connectivity index (χ1v) is 11.4. The molecule has 0 atom stereocenters. The molecular weight excluding hydrogens is 470 g/mol. The van der Waals surface area contributed by atoms with Crippen molar-refractivity contribution in [3.63, 3.8) is 0 Å². The second kappa shape index (κ2) is 11.6. The third-order valence-electron chi connectivity index (χ3n) is 5.94. The number of rotatable bonds is 5. The third kappa shape index (κ3) is 6.32. The minimum Gasteiger partial charge on any atom is -0.480 e. The zero-order valence-corrected chi connectivity index (χ0v) is 20.3. The van der Waals surface area contributed by atoms with E-state index in [9.17, 15) is 23.2 Å². The smallest absolute Gasteiger partial charge is 0.328 e. The maximum absolute atomic E-state index is 13.0. The van der Waals surface area contributed by atoms with Crippen molar-refractivity contribution in [1.82, 2.24) is 20.1 Å². The number of nitrogens with one attached hydrogen (secondary N) is 1. The van der Waals surface area contributed by atoms with E-state index in [0.717, 1.165) is 42.4 Å². The van der Waals surface area contributed by atoms with Gasteiger partial charge in [-0.25, -0.2) is 13.6 Å². The summed E-state index contributed by atoms with van der Waals surface area (Å²) in [6, 6.07) is 5.03. The number of carbonyl (C=O) groups is 3. The number of aryl methyl sites for hydroxylation is 2. The number of hydrogen-bond donors (Lipinski definition) is 2. The summed E-state index contributed by atoms with van der Waals surface area (Å²) < 4.78 is 26.0. The number of halogens is 2. The fraction of sp³-hybridized carbons (Fsp3) is 0.308. The molecule has 2 N–H and O–H groups in total. The van der Waals surface area contributed by atoms with Crippen molar-refractivity contribution >= 4 is 17.9 Å². The first kappa shape index (κ1) is 26.5. The molecule has 0 unspecified atom stereocenters.